The summed E-state index contributed by atoms with van der Waals surface area (Å²) in [7, 11) is 0. The van der Waals surface area contributed by atoms with Gasteiger partial charge in [0.25, 0.3) is 0 Å². The van der Waals surface area contributed by atoms with Crippen LogP contribution in [0.3, 0.4) is 0 Å². The molecular formula is C16H18. The Labute approximate surface area is 98.7 Å². The van der Waals surface area contributed by atoms with Crippen LogP contribution in [0.4, 0.5) is 0 Å². The van der Waals surface area contributed by atoms with Gasteiger partial charge in [-0.15, -0.1) is 6.42 Å². The third-order valence-electron chi connectivity index (χ3n) is 2.23. The molecule has 0 saturated carbocycles. The van der Waals surface area contributed by atoms with Crippen LogP contribution in [0, 0.1) is 12.3 Å². The standard InChI is InChI=1S/C16H18/c1-5-8-15(11-13(3)4)16-10-7-9-14(6-2)12-16/h2,7-12H,5H2,1,3-4H3/b15-8+. The molecule has 0 aliphatic heterocycles. The molecule has 0 N–H and O–H groups in total. The third-order valence-corrected chi connectivity index (χ3v) is 2.23. The highest BCUT2D eigenvalue weighted by atomic mass is 14.0. The predicted molar refractivity (Wildman–Crippen MR) is 72.1 cm³/mol. The summed E-state index contributed by atoms with van der Waals surface area (Å²) in [6.45, 7) is 6.35. The molecule has 0 aliphatic carbocycles. The molecule has 0 heterocycles. The molecule has 0 saturated heterocycles. The SMILES string of the molecule is C#Cc1cccc(/C(C=C(C)C)=C/CC)c1. The van der Waals surface area contributed by atoms with E-state index >= 15 is 0 Å². The molecule has 82 valence electrons. The second kappa shape index (κ2) is 5.98. The van der Waals surface area contributed by atoms with E-state index in [1.807, 2.05) is 12.1 Å². The van der Waals surface area contributed by atoms with Crippen LogP contribution in [0.25, 0.3) is 5.57 Å². The highest BCUT2D eigenvalue weighted by molar-refractivity contribution is 5.75. The number of terminal acetylenes is 1. The van der Waals surface area contributed by atoms with Crippen LogP contribution >= 0.6 is 0 Å². The molecule has 0 radical (unpaired) electrons. The van der Waals surface area contributed by atoms with Gasteiger partial charge in [0, 0.05) is 5.56 Å². The zero-order chi connectivity index (χ0) is 12.0. The maximum Gasteiger partial charge on any atom is 0.0248 e. The van der Waals surface area contributed by atoms with Crippen LogP contribution in [0.15, 0.2) is 42.0 Å². The Kier molecular flexibility index (Phi) is 4.61. The van der Waals surface area contributed by atoms with Crippen LogP contribution < -0.4 is 0 Å². The minimum Gasteiger partial charge on any atom is -0.115 e. The highest BCUT2D eigenvalue weighted by Crippen LogP contribution is 2.19. The van der Waals surface area contributed by atoms with Gasteiger partial charge in [0.1, 0.15) is 0 Å². The van der Waals surface area contributed by atoms with Gasteiger partial charge in [0.2, 0.25) is 0 Å². The van der Waals surface area contributed by atoms with Crippen molar-refractivity contribution in [1.29, 1.82) is 0 Å². The van der Waals surface area contributed by atoms with E-state index < -0.39 is 0 Å². The van der Waals surface area contributed by atoms with Gasteiger partial charge in [-0.05, 0) is 43.5 Å². The van der Waals surface area contributed by atoms with Crippen molar-refractivity contribution in [3.63, 3.8) is 0 Å². The van der Waals surface area contributed by atoms with Crippen molar-refractivity contribution in [1.82, 2.24) is 0 Å². The van der Waals surface area contributed by atoms with Crippen molar-refractivity contribution < 1.29 is 0 Å². The smallest absolute Gasteiger partial charge is 0.0248 e. The average Bonchev–Trinajstić information content (AvgIpc) is 2.28. The second-order valence-corrected chi connectivity index (χ2v) is 4.01. The molecule has 0 atom stereocenters. The normalized spacial score (nSPS) is 10.8. The molecule has 16 heavy (non-hydrogen) atoms. The summed E-state index contributed by atoms with van der Waals surface area (Å²) in [4.78, 5) is 0. The van der Waals surface area contributed by atoms with Crippen molar-refractivity contribution in [2.75, 3.05) is 0 Å². The van der Waals surface area contributed by atoms with Crippen molar-refractivity contribution in [3.8, 4) is 12.3 Å². The van der Waals surface area contributed by atoms with E-state index in [0.29, 0.717) is 0 Å². The number of hydrogen-bond donors (Lipinski definition) is 0. The van der Waals surface area contributed by atoms with Gasteiger partial charge in [-0.2, -0.15) is 0 Å². The molecule has 0 aromatic heterocycles. The van der Waals surface area contributed by atoms with Gasteiger partial charge in [0.05, 0.1) is 0 Å². The fourth-order valence-electron chi connectivity index (χ4n) is 1.58. The van der Waals surface area contributed by atoms with E-state index in [2.05, 4.69) is 51.0 Å². The van der Waals surface area contributed by atoms with Crippen LogP contribution in [0.1, 0.15) is 38.3 Å². The fourth-order valence-corrected chi connectivity index (χ4v) is 1.58. The maximum absolute atomic E-state index is 5.41. The monoisotopic (exact) mass is 210 g/mol. The highest BCUT2D eigenvalue weighted by Gasteiger charge is 1.98. The summed E-state index contributed by atoms with van der Waals surface area (Å²) in [5, 5.41) is 0. The molecule has 0 amide bonds. The Morgan fingerprint density at radius 2 is 2.12 bits per heavy atom. The lowest BCUT2D eigenvalue weighted by Gasteiger charge is -2.04. The minimum atomic E-state index is 0.932. The summed E-state index contributed by atoms with van der Waals surface area (Å²) < 4.78 is 0. The first-order valence-corrected chi connectivity index (χ1v) is 5.59. The predicted octanol–water partition coefficient (Wildman–Crippen LogP) is 4.43. The lowest BCUT2D eigenvalue weighted by molar-refractivity contribution is 1.22. The summed E-state index contributed by atoms with van der Waals surface area (Å²) in [6.07, 6.45) is 10.9. The lowest BCUT2D eigenvalue weighted by Crippen LogP contribution is -1.84. The molecule has 0 bridgehead atoms. The summed E-state index contributed by atoms with van der Waals surface area (Å²) in [6, 6.07) is 8.12. The Bertz CT molecular complexity index is 449. The fraction of sp³-hybridized carbons (Fsp3) is 0.250. The van der Waals surface area contributed by atoms with Gasteiger partial charge < -0.3 is 0 Å². The van der Waals surface area contributed by atoms with Crippen molar-refractivity contribution in [3.05, 3.63) is 53.1 Å². The average molecular weight is 210 g/mol. The van der Waals surface area contributed by atoms with Crippen LogP contribution in [-0.4, -0.2) is 0 Å². The molecule has 0 unspecified atom stereocenters. The molecular weight excluding hydrogens is 192 g/mol. The number of benzene rings is 1. The lowest BCUT2D eigenvalue weighted by atomic mass is 10.0. The van der Waals surface area contributed by atoms with Crippen LogP contribution in [0.5, 0.6) is 0 Å². The second-order valence-electron chi connectivity index (χ2n) is 4.01. The number of hydrogen-bond acceptors (Lipinski definition) is 0. The van der Waals surface area contributed by atoms with Gasteiger partial charge in [-0.3, -0.25) is 0 Å². The molecule has 0 fully saturated rings. The quantitative estimate of drug-likeness (QED) is 0.511. The first-order valence-electron chi connectivity index (χ1n) is 5.59. The van der Waals surface area contributed by atoms with Gasteiger partial charge in [-0.1, -0.05) is 42.7 Å². The van der Waals surface area contributed by atoms with E-state index in [9.17, 15) is 0 Å². The van der Waals surface area contributed by atoms with Gasteiger partial charge in [0.15, 0.2) is 0 Å². The summed E-state index contributed by atoms with van der Waals surface area (Å²) in [5.74, 6) is 2.67. The van der Waals surface area contributed by atoms with E-state index in [-0.39, 0.29) is 0 Å². The van der Waals surface area contributed by atoms with Crippen LogP contribution in [0.2, 0.25) is 0 Å². The zero-order valence-corrected chi connectivity index (χ0v) is 10.2. The summed E-state index contributed by atoms with van der Waals surface area (Å²) >= 11 is 0. The number of rotatable bonds is 3. The topological polar surface area (TPSA) is 0 Å². The minimum absolute atomic E-state index is 0.932. The van der Waals surface area contributed by atoms with E-state index in [1.54, 1.807) is 0 Å². The molecule has 0 nitrogen and oxygen atoms in total. The molecule has 0 heteroatoms. The molecule has 1 rings (SSSR count). The third kappa shape index (κ3) is 3.44. The van der Waals surface area contributed by atoms with E-state index in [4.69, 9.17) is 6.42 Å². The first-order chi connectivity index (χ1) is 7.67. The van der Waals surface area contributed by atoms with Crippen molar-refractivity contribution in [2.45, 2.75) is 27.2 Å². The number of allylic oxidation sites excluding steroid dienone is 4. The van der Waals surface area contributed by atoms with E-state index in [1.165, 1.54) is 16.7 Å². The molecule has 1 aromatic carbocycles. The zero-order valence-electron chi connectivity index (χ0n) is 10.2. The first kappa shape index (κ1) is 12.3. The molecule has 0 spiro atoms. The van der Waals surface area contributed by atoms with Crippen LogP contribution in [-0.2, 0) is 0 Å². The van der Waals surface area contributed by atoms with Gasteiger partial charge in [-0.25, -0.2) is 0 Å². The largest absolute Gasteiger partial charge is 0.115 e. The van der Waals surface area contributed by atoms with Gasteiger partial charge >= 0.3 is 0 Å². The molecule has 1 aromatic rings. The Balaban J connectivity index is 3.17. The van der Waals surface area contributed by atoms with E-state index in [0.717, 1.165) is 12.0 Å². The van der Waals surface area contributed by atoms with Crippen molar-refractivity contribution in [2.24, 2.45) is 0 Å². The maximum atomic E-state index is 5.41. The Morgan fingerprint density at radius 1 is 1.38 bits per heavy atom. The van der Waals surface area contributed by atoms with Crippen molar-refractivity contribution >= 4 is 5.57 Å². The molecule has 0 aliphatic rings. The Hall–Kier alpha value is -1.74. The Morgan fingerprint density at radius 3 is 2.69 bits per heavy atom. The summed E-state index contributed by atoms with van der Waals surface area (Å²) in [5.41, 5.74) is 4.67.